The van der Waals surface area contributed by atoms with Gasteiger partial charge in [0.15, 0.2) is 124 Å². The first kappa shape index (κ1) is 98.9. The highest BCUT2D eigenvalue weighted by Crippen LogP contribution is 2.55. The normalized spacial score (nSPS) is 28.6. The number of aromatic hydroxyl groups is 7. The first-order valence-electron chi connectivity index (χ1n) is 48.8. The zero-order chi connectivity index (χ0) is 102. The highest BCUT2D eigenvalue weighted by molar-refractivity contribution is 6.00. The van der Waals surface area contributed by atoms with E-state index in [1.54, 1.807) is 165 Å². The average Bonchev–Trinajstić information content (AvgIpc) is 1.71. The number of rotatable bonds is 2. The number of aromatic nitrogens is 7. The fraction of sp³-hybridized carbons (Fsp3) is 0.576. The molecule has 8 saturated heterocycles. The van der Waals surface area contributed by atoms with Gasteiger partial charge in [-0.1, -0.05) is 0 Å². The number of carbonyl (C=O) groups is 7. The summed E-state index contributed by atoms with van der Waals surface area (Å²) in [5, 5.41) is 70.3. The van der Waals surface area contributed by atoms with E-state index in [-0.39, 0.29) is 196 Å². The summed E-state index contributed by atoms with van der Waals surface area (Å²) in [5.41, 5.74) is 0.0298. The van der Waals surface area contributed by atoms with Crippen molar-refractivity contribution in [2.75, 3.05) is 53.3 Å². The molecule has 766 valence electrons. The lowest BCUT2D eigenvalue weighted by atomic mass is 9.77. The minimum atomic E-state index is -0.505. The van der Waals surface area contributed by atoms with Crippen LogP contribution in [0, 0.1) is 59.3 Å². The van der Waals surface area contributed by atoms with Crippen LogP contribution in [0.1, 0.15) is 218 Å². The summed E-state index contributed by atoms with van der Waals surface area (Å²) < 4.78 is 62.8. The molecule has 44 heteroatoms. The molecule has 25 rings (SSSR count). The van der Waals surface area contributed by atoms with Crippen molar-refractivity contribution < 1.29 is 112 Å². The molecule has 3 saturated carbocycles. The molecule has 11 fully saturated rings. The molecule has 7 amide bonds. The standard InChI is InChI=1S/C15H18N2O5.C15H18N2O4.C14H18N2O5.2C14H16N2O4.C14H18N2O4.C13H16N2O4/c1-8-3-16-4-10-17(14(20)11(16)13(19)12(8)18)9(2)15(7-22-10)5-21-6-15;1-8-5-16-6-10-17(9(2)15(3-4-15)7-21-10)14(20)11(16)13(19)12(8)18;1-8-5-15-6-10-16(9(7-20-2)3-4-21-10)14(19)11(15)13(18)12(8)17;2*1-7-5-15-6-10-16(8-2-3-9(4-8)20-10)14(19)11(15)13(18)12(7)17;1-7-5-15-6-10-16(8(2)4-9(3)20-10)14(19)11(15)13(18)12(7)17;1-7-5-14-6-9-15(4-3-8(2)19-9)13(18)10(14)12(17)11(7)16/h3,9-10,19H,4-7H2,1-2H3;5,9-10,19H,3-4,6-7H2,1-2H3;5,9-10,18H,3-4,6-7H2,1-2H3;2*5,8-10,18H,2-4,6H2,1H3;5,8-10,18H,4,6H2,1-3H3;5,8-9,17H,3-4,6H2,1-2H3/t2*9-,10+;9-,10-;2*8-,9+,10+;8-,9-,10+;8-,9+/m1101011/s1. The maximum absolute atomic E-state index is 12.9. The van der Waals surface area contributed by atoms with Gasteiger partial charge in [0, 0.05) is 132 Å². The SMILES string of the molecule is COC[C@@H]1CCO[C@H]2Cn3cc(C)c(=O)c(O)c3C(=O)N12.Cc1cn2c(c(O)c1=O)C(=O)N1CC[C@@H](C)O[C@H]1C2.Cc1cn2c(c(O)c1=O)C(=O)N1[C@@H]3CC[C@@H](C3)O[C@H]1C2.Cc1cn2c(c(O)c1=O)C(=O)N1[C@H](C)C[C@@H](C)O[C@H]1C2.Cc1cn2c(c(O)c1=O)C(=O)N1[C@H](C2)OCC2(CC2)[C@H]1C.Cc1cn2c(c(O)c1=O)C(=O)N1[C@H](C2)OCC2(COC2)[C@H]1C.Cc1cn2c(c(O)c1=O)C(=O)N1[C@H]3CC[C@H](C3)O[C@@H]1C2. The van der Waals surface area contributed by atoms with E-state index < -0.39 is 78.2 Å². The van der Waals surface area contributed by atoms with E-state index in [4.69, 9.17) is 42.6 Å². The monoisotopic (exact) mass is 1980 g/mol. The van der Waals surface area contributed by atoms with Crippen molar-refractivity contribution in [2.45, 2.75) is 304 Å². The molecular formula is C99H120N14O30. The van der Waals surface area contributed by atoms with Gasteiger partial charge in [0.05, 0.1) is 121 Å². The number of hydrogen-bond donors (Lipinski definition) is 7. The molecule has 0 unspecified atom stereocenters. The van der Waals surface area contributed by atoms with Gasteiger partial charge in [-0.15, -0.1) is 0 Å². The van der Waals surface area contributed by atoms with E-state index in [2.05, 4.69) is 0 Å². The van der Waals surface area contributed by atoms with Crippen molar-refractivity contribution in [3.8, 4) is 40.2 Å². The first-order valence-corrected chi connectivity index (χ1v) is 48.8. The summed E-state index contributed by atoms with van der Waals surface area (Å²) in [6, 6.07) is 0.295. The Morgan fingerprint density at radius 1 is 0.322 bits per heavy atom. The molecule has 4 bridgehead atoms. The number of aryl methyl sites for hydroxylation is 7. The van der Waals surface area contributed by atoms with Gasteiger partial charge in [-0.3, -0.25) is 67.1 Å². The molecule has 2 spiro atoms. The molecule has 143 heavy (non-hydrogen) atoms. The Hall–Kier alpha value is -12.8. The van der Waals surface area contributed by atoms with Crippen LogP contribution in [-0.2, 0) is 88.4 Å². The number of pyridine rings is 7. The lowest BCUT2D eigenvalue weighted by Gasteiger charge is -2.56. The molecular weight excluding hydrogens is 1870 g/mol. The van der Waals surface area contributed by atoms with Gasteiger partial charge in [-0.2, -0.15) is 0 Å². The summed E-state index contributed by atoms with van der Waals surface area (Å²) >= 11 is 0. The summed E-state index contributed by atoms with van der Waals surface area (Å²) in [5.74, 6) is -5.49. The highest BCUT2D eigenvalue weighted by Gasteiger charge is 2.59. The summed E-state index contributed by atoms with van der Waals surface area (Å²) in [4.78, 5) is 183. The minimum Gasteiger partial charge on any atom is -0.503 e. The lowest BCUT2D eigenvalue weighted by Crippen LogP contribution is -2.69. The number of ether oxygens (including phenoxy) is 9. The van der Waals surface area contributed by atoms with Crippen LogP contribution >= 0.6 is 0 Å². The zero-order valence-corrected chi connectivity index (χ0v) is 81.8. The van der Waals surface area contributed by atoms with Crippen LogP contribution in [0.15, 0.2) is 76.9 Å². The number of fused-ring (bicyclic) bond motifs is 20. The topological polar surface area (TPSA) is 521 Å². The van der Waals surface area contributed by atoms with Gasteiger partial charge in [0.25, 0.3) is 41.4 Å². The maximum Gasteiger partial charge on any atom is 0.276 e. The Kier molecular flexibility index (Phi) is 25.9. The van der Waals surface area contributed by atoms with E-state index >= 15 is 0 Å². The van der Waals surface area contributed by atoms with Crippen LogP contribution in [0.5, 0.6) is 40.2 Å². The number of amides is 7. The third-order valence-electron chi connectivity index (χ3n) is 31.6. The number of hydrogen-bond acceptors (Lipinski definition) is 30. The van der Waals surface area contributed by atoms with Crippen LogP contribution in [0.3, 0.4) is 0 Å². The Balaban J connectivity index is 0.000000106. The molecule has 15 aliphatic heterocycles. The van der Waals surface area contributed by atoms with Gasteiger partial charge < -0.3 is 145 Å². The highest BCUT2D eigenvalue weighted by atomic mass is 16.6. The van der Waals surface area contributed by atoms with Crippen LogP contribution in [-0.4, -0.2) is 301 Å². The molecule has 7 aromatic heterocycles. The van der Waals surface area contributed by atoms with Crippen molar-refractivity contribution in [1.29, 1.82) is 0 Å². The lowest BCUT2D eigenvalue weighted by molar-refractivity contribution is -0.249. The summed E-state index contributed by atoms with van der Waals surface area (Å²) in [6.07, 6.45) is 19.6. The van der Waals surface area contributed by atoms with E-state index in [1.165, 1.54) is 0 Å². The van der Waals surface area contributed by atoms with Crippen LogP contribution in [0.4, 0.5) is 0 Å². The Morgan fingerprint density at radius 2 is 0.629 bits per heavy atom. The second-order valence-corrected chi connectivity index (χ2v) is 41.1. The second kappa shape index (κ2) is 37.4. The molecule has 17 atom stereocenters. The van der Waals surface area contributed by atoms with Crippen molar-refractivity contribution in [2.24, 2.45) is 10.8 Å². The van der Waals surface area contributed by atoms with Crippen molar-refractivity contribution in [1.82, 2.24) is 66.3 Å². The second-order valence-electron chi connectivity index (χ2n) is 41.1. The first-order chi connectivity index (χ1) is 67.9. The summed E-state index contributed by atoms with van der Waals surface area (Å²) in [6.45, 7) is 28.4. The van der Waals surface area contributed by atoms with E-state index in [9.17, 15) is 103 Å². The third-order valence-corrected chi connectivity index (χ3v) is 31.6. The molecule has 44 nitrogen and oxygen atoms in total. The van der Waals surface area contributed by atoms with E-state index in [1.807, 2.05) is 34.6 Å². The molecule has 22 heterocycles. The Labute approximate surface area is 817 Å². The quantitative estimate of drug-likeness (QED) is 0.130. The van der Waals surface area contributed by atoms with Gasteiger partial charge in [0.1, 0.15) is 0 Å². The van der Waals surface area contributed by atoms with Crippen LogP contribution in [0.2, 0.25) is 0 Å². The predicted molar refractivity (Wildman–Crippen MR) is 501 cm³/mol. The number of carbonyl (C=O) groups excluding carboxylic acids is 7. The van der Waals surface area contributed by atoms with Crippen molar-refractivity contribution in [3.05, 3.63) is 194 Å². The third kappa shape index (κ3) is 16.8. The fourth-order valence-electron chi connectivity index (χ4n) is 23.5. The van der Waals surface area contributed by atoms with E-state index in [0.29, 0.717) is 137 Å². The zero-order valence-electron chi connectivity index (χ0n) is 81.8. The molecule has 18 aliphatic rings. The molecule has 0 radical (unpaired) electrons. The Morgan fingerprint density at radius 3 is 0.986 bits per heavy atom. The predicted octanol–water partition coefficient (Wildman–Crippen LogP) is 3.49. The van der Waals surface area contributed by atoms with Gasteiger partial charge in [-0.05, 0) is 154 Å². The van der Waals surface area contributed by atoms with Crippen LogP contribution < -0.4 is 38.0 Å². The smallest absolute Gasteiger partial charge is 0.276 e. The number of methoxy groups -OCH3 is 1. The van der Waals surface area contributed by atoms with Gasteiger partial charge in [0.2, 0.25) is 38.0 Å². The molecule has 7 N–H and O–H groups in total. The van der Waals surface area contributed by atoms with Gasteiger partial charge in [-0.25, -0.2) is 0 Å². The summed E-state index contributed by atoms with van der Waals surface area (Å²) in [7, 11) is 1.58. The average molecular weight is 1990 g/mol. The van der Waals surface area contributed by atoms with Crippen molar-refractivity contribution in [3.63, 3.8) is 0 Å². The minimum absolute atomic E-state index is 0.0285. The van der Waals surface area contributed by atoms with E-state index in [0.717, 1.165) is 64.2 Å². The largest absolute Gasteiger partial charge is 0.503 e. The van der Waals surface area contributed by atoms with Crippen LogP contribution in [0.25, 0.3) is 0 Å². The van der Waals surface area contributed by atoms with Gasteiger partial charge >= 0.3 is 0 Å². The fourth-order valence-corrected chi connectivity index (χ4v) is 23.5. The molecule has 7 aromatic rings. The molecule has 0 aromatic carbocycles. The molecule has 3 aliphatic carbocycles. The Bertz CT molecular complexity index is 6770. The van der Waals surface area contributed by atoms with Crippen molar-refractivity contribution >= 4 is 41.4 Å². The maximum atomic E-state index is 12.9. The number of nitrogens with zero attached hydrogens (tertiary/aromatic N) is 14.